The Bertz CT molecular complexity index is 421. The van der Waals surface area contributed by atoms with Crippen molar-refractivity contribution in [2.45, 2.75) is 39.7 Å². The van der Waals surface area contributed by atoms with Crippen LogP contribution in [0.5, 0.6) is 0 Å². The Hall–Kier alpha value is -1.59. The number of carbonyl (C=O) groups is 3. The van der Waals surface area contributed by atoms with Gasteiger partial charge in [0.1, 0.15) is 5.41 Å². The molecule has 0 aromatic carbocycles. The highest BCUT2D eigenvalue weighted by atomic mass is 16.2. The van der Waals surface area contributed by atoms with Crippen LogP contribution in [0.3, 0.4) is 0 Å². The van der Waals surface area contributed by atoms with E-state index in [1.165, 1.54) is 6.92 Å². The number of amides is 3. The first-order valence-electron chi connectivity index (χ1n) is 7.22. The van der Waals surface area contributed by atoms with Gasteiger partial charge in [0.2, 0.25) is 17.7 Å². The fourth-order valence-electron chi connectivity index (χ4n) is 2.59. The van der Waals surface area contributed by atoms with Gasteiger partial charge in [-0.2, -0.15) is 0 Å². The molecule has 0 aromatic heterocycles. The lowest BCUT2D eigenvalue weighted by atomic mass is 10.0. The van der Waals surface area contributed by atoms with Crippen LogP contribution in [0.15, 0.2) is 0 Å². The Morgan fingerprint density at radius 1 is 1.00 bits per heavy atom. The second kappa shape index (κ2) is 5.42. The molecule has 3 amide bonds. The van der Waals surface area contributed by atoms with E-state index in [0.29, 0.717) is 39.0 Å². The van der Waals surface area contributed by atoms with E-state index in [2.05, 4.69) is 5.32 Å². The second-order valence-corrected chi connectivity index (χ2v) is 6.01. The maximum Gasteiger partial charge on any atom is 0.238 e. The van der Waals surface area contributed by atoms with Crippen molar-refractivity contribution in [2.75, 3.05) is 26.2 Å². The Morgan fingerprint density at radius 3 is 1.90 bits per heavy atom. The number of carbonyl (C=O) groups excluding carboxylic acids is 3. The van der Waals surface area contributed by atoms with Gasteiger partial charge in [-0.3, -0.25) is 14.4 Å². The van der Waals surface area contributed by atoms with Gasteiger partial charge >= 0.3 is 0 Å². The number of nitrogens with zero attached hydrogens (tertiary/aromatic N) is 2. The minimum atomic E-state index is -0.831. The molecule has 0 bridgehead atoms. The van der Waals surface area contributed by atoms with Crippen molar-refractivity contribution in [3.8, 4) is 0 Å². The van der Waals surface area contributed by atoms with E-state index in [1.807, 2.05) is 13.8 Å². The van der Waals surface area contributed by atoms with Crippen LogP contribution < -0.4 is 5.32 Å². The lowest BCUT2D eigenvalue weighted by Crippen LogP contribution is -2.54. The lowest BCUT2D eigenvalue weighted by molar-refractivity contribution is -0.147. The van der Waals surface area contributed by atoms with Crippen LogP contribution in [-0.4, -0.2) is 59.7 Å². The Morgan fingerprint density at radius 2 is 1.50 bits per heavy atom. The molecule has 1 saturated carbocycles. The van der Waals surface area contributed by atoms with Gasteiger partial charge in [0.25, 0.3) is 0 Å². The van der Waals surface area contributed by atoms with Crippen LogP contribution >= 0.6 is 0 Å². The Balaban J connectivity index is 1.95. The van der Waals surface area contributed by atoms with Gasteiger partial charge in [0.05, 0.1) is 0 Å². The summed E-state index contributed by atoms with van der Waals surface area (Å²) in [6, 6.07) is 0.0438. The first-order chi connectivity index (χ1) is 9.36. The van der Waals surface area contributed by atoms with Crippen molar-refractivity contribution in [3.05, 3.63) is 0 Å². The van der Waals surface area contributed by atoms with Gasteiger partial charge in [0, 0.05) is 39.1 Å². The third kappa shape index (κ3) is 2.78. The van der Waals surface area contributed by atoms with E-state index in [1.54, 1.807) is 9.80 Å². The molecule has 1 heterocycles. The van der Waals surface area contributed by atoms with Gasteiger partial charge in [-0.05, 0) is 26.7 Å². The van der Waals surface area contributed by atoms with E-state index in [-0.39, 0.29) is 23.8 Å². The monoisotopic (exact) mass is 281 g/mol. The fraction of sp³-hybridized carbons (Fsp3) is 0.786. The molecule has 0 atom stereocenters. The van der Waals surface area contributed by atoms with Crippen LogP contribution in [0.1, 0.15) is 33.6 Å². The summed E-state index contributed by atoms with van der Waals surface area (Å²) < 4.78 is 0. The molecule has 2 fully saturated rings. The molecule has 20 heavy (non-hydrogen) atoms. The molecule has 0 radical (unpaired) electrons. The predicted molar refractivity (Wildman–Crippen MR) is 73.8 cm³/mol. The highest BCUT2D eigenvalue weighted by Gasteiger charge is 2.58. The number of rotatable bonds is 3. The average Bonchev–Trinajstić information content (AvgIpc) is 3.18. The van der Waals surface area contributed by atoms with Gasteiger partial charge in [-0.15, -0.1) is 0 Å². The number of hydrogen-bond acceptors (Lipinski definition) is 3. The van der Waals surface area contributed by atoms with Gasteiger partial charge in [-0.1, -0.05) is 0 Å². The molecular weight excluding hydrogens is 258 g/mol. The summed E-state index contributed by atoms with van der Waals surface area (Å²) in [5.41, 5.74) is -0.831. The SMILES string of the molecule is CC(=O)N1CCN(C(=O)C2(C(=O)NC(C)C)CC2)CC1. The van der Waals surface area contributed by atoms with Crippen LogP contribution in [0.4, 0.5) is 0 Å². The van der Waals surface area contributed by atoms with Crippen molar-refractivity contribution < 1.29 is 14.4 Å². The van der Waals surface area contributed by atoms with E-state index < -0.39 is 5.41 Å². The van der Waals surface area contributed by atoms with E-state index >= 15 is 0 Å². The second-order valence-electron chi connectivity index (χ2n) is 6.01. The molecule has 112 valence electrons. The third-order valence-electron chi connectivity index (χ3n) is 4.03. The molecular formula is C14H23N3O3. The standard InChI is InChI=1S/C14H23N3O3/c1-10(2)15-12(19)14(4-5-14)13(20)17-8-6-16(7-9-17)11(3)18/h10H,4-9H2,1-3H3,(H,15,19). The quantitative estimate of drug-likeness (QED) is 0.739. The van der Waals surface area contributed by atoms with Crippen LogP contribution in [0.25, 0.3) is 0 Å². The molecule has 2 rings (SSSR count). The topological polar surface area (TPSA) is 69.7 Å². The van der Waals surface area contributed by atoms with Crippen molar-refractivity contribution in [2.24, 2.45) is 5.41 Å². The first kappa shape index (κ1) is 14.8. The zero-order valence-electron chi connectivity index (χ0n) is 12.4. The summed E-state index contributed by atoms with van der Waals surface area (Å²) >= 11 is 0. The molecule has 1 N–H and O–H groups in total. The Kier molecular flexibility index (Phi) is 4.01. The number of hydrogen-bond donors (Lipinski definition) is 1. The zero-order valence-corrected chi connectivity index (χ0v) is 12.4. The summed E-state index contributed by atoms with van der Waals surface area (Å²) in [5, 5.41) is 2.84. The maximum atomic E-state index is 12.5. The molecule has 6 nitrogen and oxygen atoms in total. The van der Waals surface area contributed by atoms with Crippen LogP contribution in [0, 0.1) is 5.41 Å². The molecule has 0 spiro atoms. The molecule has 6 heteroatoms. The van der Waals surface area contributed by atoms with E-state index in [4.69, 9.17) is 0 Å². The smallest absolute Gasteiger partial charge is 0.238 e. The third-order valence-corrected chi connectivity index (χ3v) is 4.03. The van der Waals surface area contributed by atoms with Crippen molar-refractivity contribution in [3.63, 3.8) is 0 Å². The normalized spacial score (nSPS) is 20.8. The molecule has 1 saturated heterocycles. The number of nitrogens with one attached hydrogen (secondary N) is 1. The molecule has 1 aliphatic carbocycles. The summed E-state index contributed by atoms with van der Waals surface area (Å²) in [5.74, 6) is -0.180. The van der Waals surface area contributed by atoms with E-state index in [0.717, 1.165) is 0 Å². The van der Waals surface area contributed by atoms with Crippen molar-refractivity contribution in [1.82, 2.24) is 15.1 Å². The highest BCUT2D eigenvalue weighted by Crippen LogP contribution is 2.47. The van der Waals surface area contributed by atoms with Crippen molar-refractivity contribution >= 4 is 17.7 Å². The molecule has 2 aliphatic rings. The highest BCUT2D eigenvalue weighted by molar-refractivity contribution is 6.08. The van der Waals surface area contributed by atoms with Crippen molar-refractivity contribution in [1.29, 1.82) is 0 Å². The van der Waals surface area contributed by atoms with Gasteiger partial charge in [-0.25, -0.2) is 0 Å². The summed E-state index contributed by atoms with van der Waals surface area (Å²) in [7, 11) is 0. The molecule has 0 unspecified atom stereocenters. The van der Waals surface area contributed by atoms with Gasteiger partial charge < -0.3 is 15.1 Å². The maximum absolute atomic E-state index is 12.5. The van der Waals surface area contributed by atoms with E-state index in [9.17, 15) is 14.4 Å². The van der Waals surface area contributed by atoms with Crippen LogP contribution in [0.2, 0.25) is 0 Å². The average molecular weight is 281 g/mol. The summed E-state index contributed by atoms with van der Waals surface area (Å²) in [6.45, 7) is 7.49. The lowest BCUT2D eigenvalue weighted by Gasteiger charge is -2.36. The zero-order chi connectivity index (χ0) is 14.9. The molecule has 0 aromatic rings. The number of piperazine rings is 1. The summed E-state index contributed by atoms with van der Waals surface area (Å²) in [6.07, 6.45) is 1.27. The minimum Gasteiger partial charge on any atom is -0.353 e. The summed E-state index contributed by atoms with van der Waals surface area (Å²) in [4.78, 5) is 39.4. The molecule has 1 aliphatic heterocycles. The largest absolute Gasteiger partial charge is 0.353 e. The first-order valence-corrected chi connectivity index (χ1v) is 7.22. The Labute approximate surface area is 119 Å². The predicted octanol–water partition coefficient (Wildman–Crippen LogP) is -0.0181. The minimum absolute atomic E-state index is 0.0378. The van der Waals surface area contributed by atoms with Gasteiger partial charge in [0.15, 0.2) is 0 Å². The van der Waals surface area contributed by atoms with Crippen LogP contribution in [-0.2, 0) is 14.4 Å². The fourth-order valence-corrected chi connectivity index (χ4v) is 2.59.